The zero-order chi connectivity index (χ0) is 15.7. The highest BCUT2D eigenvalue weighted by Gasteiger charge is 2.11. The van der Waals surface area contributed by atoms with E-state index >= 15 is 0 Å². The summed E-state index contributed by atoms with van der Waals surface area (Å²) >= 11 is 0. The van der Waals surface area contributed by atoms with Gasteiger partial charge in [0.2, 0.25) is 5.91 Å². The number of carbonyl (C=O) groups is 1. The maximum absolute atomic E-state index is 11.8. The van der Waals surface area contributed by atoms with Crippen LogP contribution in [0, 0.1) is 0 Å². The van der Waals surface area contributed by atoms with E-state index in [0.717, 1.165) is 31.0 Å². The molecule has 0 spiro atoms. The number of rotatable bonds is 9. The number of aromatic nitrogens is 2. The highest BCUT2D eigenvalue weighted by Crippen LogP contribution is 2.04. The smallest absolute Gasteiger partial charge is 0.234 e. The van der Waals surface area contributed by atoms with Crippen LogP contribution in [0.4, 0.5) is 5.82 Å². The molecule has 0 unspecified atom stereocenters. The van der Waals surface area contributed by atoms with Crippen LogP contribution in [-0.4, -0.2) is 46.5 Å². The number of nitrogens with one attached hydrogen (secondary N) is 2. The van der Waals surface area contributed by atoms with Crippen molar-refractivity contribution >= 4 is 11.7 Å². The monoisotopic (exact) mass is 293 g/mol. The molecular formula is C15H27N5O. The lowest BCUT2D eigenvalue weighted by Gasteiger charge is -2.20. The number of likely N-dealkylation sites (N-methyl/N-ethyl adjacent to an activating group) is 1. The standard InChI is InChI=1S/C15H27N5O/c1-5-7-16-14-9-17-13(8-18-14)10-20(6-2)11-15(21)19-12(3)4/h8-9,12H,5-7,10-11H2,1-4H3,(H,16,18)(H,19,21). The van der Waals surface area contributed by atoms with Crippen LogP contribution in [0.2, 0.25) is 0 Å². The van der Waals surface area contributed by atoms with Gasteiger partial charge in [0.05, 0.1) is 24.6 Å². The summed E-state index contributed by atoms with van der Waals surface area (Å²) in [4.78, 5) is 22.5. The first-order valence-corrected chi connectivity index (χ1v) is 7.61. The average Bonchev–Trinajstić information content (AvgIpc) is 2.45. The molecule has 1 rings (SSSR count). The quantitative estimate of drug-likeness (QED) is 0.724. The van der Waals surface area contributed by atoms with Crippen LogP contribution in [0.15, 0.2) is 12.4 Å². The largest absolute Gasteiger partial charge is 0.369 e. The number of anilines is 1. The van der Waals surface area contributed by atoms with E-state index in [1.807, 2.05) is 25.7 Å². The van der Waals surface area contributed by atoms with Gasteiger partial charge >= 0.3 is 0 Å². The molecule has 0 aromatic carbocycles. The maximum Gasteiger partial charge on any atom is 0.234 e. The van der Waals surface area contributed by atoms with E-state index in [1.165, 1.54) is 0 Å². The van der Waals surface area contributed by atoms with Crippen molar-refractivity contribution in [2.24, 2.45) is 0 Å². The van der Waals surface area contributed by atoms with Gasteiger partial charge in [-0.1, -0.05) is 13.8 Å². The summed E-state index contributed by atoms with van der Waals surface area (Å²) in [5.41, 5.74) is 0.872. The number of hydrogen-bond acceptors (Lipinski definition) is 5. The third-order valence-electron chi connectivity index (χ3n) is 2.91. The fraction of sp³-hybridized carbons (Fsp3) is 0.667. The predicted octanol–water partition coefficient (Wildman–Crippen LogP) is 1.64. The van der Waals surface area contributed by atoms with Crippen molar-refractivity contribution in [1.29, 1.82) is 0 Å². The van der Waals surface area contributed by atoms with E-state index in [0.29, 0.717) is 13.1 Å². The second-order valence-corrected chi connectivity index (χ2v) is 5.35. The lowest BCUT2D eigenvalue weighted by molar-refractivity contribution is -0.122. The van der Waals surface area contributed by atoms with Crippen LogP contribution in [0.5, 0.6) is 0 Å². The molecule has 0 atom stereocenters. The van der Waals surface area contributed by atoms with Crippen LogP contribution in [0.1, 0.15) is 39.8 Å². The number of nitrogens with zero attached hydrogens (tertiary/aromatic N) is 3. The molecule has 2 N–H and O–H groups in total. The molecule has 0 fully saturated rings. The molecule has 1 aromatic heterocycles. The molecule has 0 saturated carbocycles. The summed E-state index contributed by atoms with van der Waals surface area (Å²) in [5, 5.41) is 6.09. The third-order valence-corrected chi connectivity index (χ3v) is 2.91. The Bertz CT molecular complexity index is 419. The SMILES string of the molecule is CCCNc1cnc(CN(CC)CC(=O)NC(C)C)cn1. The minimum Gasteiger partial charge on any atom is -0.369 e. The van der Waals surface area contributed by atoms with Gasteiger partial charge in [-0.3, -0.25) is 14.7 Å². The summed E-state index contributed by atoms with van der Waals surface area (Å²) in [5.74, 6) is 0.835. The highest BCUT2D eigenvalue weighted by molar-refractivity contribution is 5.78. The molecule has 0 aliphatic rings. The van der Waals surface area contributed by atoms with Crippen LogP contribution in [0.25, 0.3) is 0 Å². The van der Waals surface area contributed by atoms with Crippen LogP contribution in [-0.2, 0) is 11.3 Å². The number of hydrogen-bond donors (Lipinski definition) is 2. The van der Waals surface area contributed by atoms with Crippen molar-refractivity contribution in [3.8, 4) is 0 Å². The Morgan fingerprint density at radius 3 is 2.57 bits per heavy atom. The van der Waals surface area contributed by atoms with E-state index < -0.39 is 0 Å². The Balaban J connectivity index is 2.50. The van der Waals surface area contributed by atoms with Gasteiger partial charge in [0.25, 0.3) is 0 Å². The van der Waals surface area contributed by atoms with Gasteiger partial charge in [-0.25, -0.2) is 4.98 Å². The highest BCUT2D eigenvalue weighted by atomic mass is 16.2. The van der Waals surface area contributed by atoms with Crippen LogP contribution < -0.4 is 10.6 Å². The van der Waals surface area contributed by atoms with Crippen molar-refractivity contribution in [1.82, 2.24) is 20.2 Å². The molecule has 1 heterocycles. The minimum absolute atomic E-state index is 0.0426. The van der Waals surface area contributed by atoms with Gasteiger partial charge < -0.3 is 10.6 Å². The molecule has 118 valence electrons. The zero-order valence-corrected chi connectivity index (χ0v) is 13.5. The van der Waals surface area contributed by atoms with Gasteiger partial charge in [-0.15, -0.1) is 0 Å². The van der Waals surface area contributed by atoms with E-state index in [9.17, 15) is 4.79 Å². The molecule has 6 nitrogen and oxygen atoms in total. The first kappa shape index (κ1) is 17.4. The molecule has 0 aliphatic carbocycles. The van der Waals surface area contributed by atoms with E-state index in [4.69, 9.17) is 0 Å². The molecule has 0 aliphatic heterocycles. The fourth-order valence-corrected chi connectivity index (χ4v) is 1.86. The van der Waals surface area contributed by atoms with E-state index in [2.05, 4.69) is 27.5 Å². The van der Waals surface area contributed by atoms with Crippen molar-refractivity contribution in [3.63, 3.8) is 0 Å². The second kappa shape index (κ2) is 9.28. The topological polar surface area (TPSA) is 70.2 Å². The van der Waals surface area contributed by atoms with Gasteiger partial charge in [0.15, 0.2) is 0 Å². The number of amides is 1. The van der Waals surface area contributed by atoms with E-state index in [1.54, 1.807) is 12.4 Å². The van der Waals surface area contributed by atoms with Crippen molar-refractivity contribution < 1.29 is 4.79 Å². The lowest BCUT2D eigenvalue weighted by atomic mass is 10.3. The third kappa shape index (κ3) is 7.04. The summed E-state index contributed by atoms with van der Waals surface area (Å²) in [7, 11) is 0. The number of carbonyl (C=O) groups excluding carboxylic acids is 1. The Kier molecular flexibility index (Phi) is 7.68. The summed E-state index contributed by atoms with van der Waals surface area (Å²) in [6.45, 7) is 10.8. The van der Waals surface area contributed by atoms with Crippen LogP contribution >= 0.6 is 0 Å². The Hall–Kier alpha value is -1.69. The van der Waals surface area contributed by atoms with E-state index in [-0.39, 0.29) is 11.9 Å². The molecule has 21 heavy (non-hydrogen) atoms. The molecule has 0 radical (unpaired) electrons. The molecular weight excluding hydrogens is 266 g/mol. The first-order valence-electron chi connectivity index (χ1n) is 7.61. The molecule has 1 amide bonds. The maximum atomic E-state index is 11.8. The van der Waals surface area contributed by atoms with Crippen LogP contribution in [0.3, 0.4) is 0 Å². The zero-order valence-electron chi connectivity index (χ0n) is 13.5. The molecule has 0 bridgehead atoms. The Morgan fingerprint density at radius 2 is 2.05 bits per heavy atom. The molecule has 0 saturated heterocycles. The second-order valence-electron chi connectivity index (χ2n) is 5.35. The summed E-state index contributed by atoms with van der Waals surface area (Å²) < 4.78 is 0. The van der Waals surface area contributed by atoms with Crippen molar-refractivity contribution in [3.05, 3.63) is 18.1 Å². The van der Waals surface area contributed by atoms with Crippen molar-refractivity contribution in [2.75, 3.05) is 25.0 Å². The summed E-state index contributed by atoms with van der Waals surface area (Å²) in [6.07, 6.45) is 4.56. The summed E-state index contributed by atoms with van der Waals surface area (Å²) in [6, 6.07) is 0.167. The van der Waals surface area contributed by atoms with Crippen molar-refractivity contribution in [2.45, 2.75) is 46.7 Å². The fourth-order valence-electron chi connectivity index (χ4n) is 1.86. The molecule has 1 aromatic rings. The van der Waals surface area contributed by atoms with Gasteiger partial charge in [0, 0.05) is 19.1 Å². The Morgan fingerprint density at radius 1 is 1.29 bits per heavy atom. The minimum atomic E-state index is 0.0426. The van der Waals surface area contributed by atoms with Gasteiger partial charge in [0.1, 0.15) is 5.82 Å². The molecule has 6 heteroatoms. The predicted molar refractivity (Wildman–Crippen MR) is 85.0 cm³/mol. The first-order chi connectivity index (χ1) is 10.0. The normalized spacial score (nSPS) is 11.0. The lowest BCUT2D eigenvalue weighted by Crippen LogP contribution is -2.39. The van der Waals surface area contributed by atoms with Gasteiger partial charge in [-0.2, -0.15) is 0 Å². The average molecular weight is 293 g/mol. The van der Waals surface area contributed by atoms with Gasteiger partial charge in [-0.05, 0) is 26.8 Å². The Labute approximate surface area is 127 Å².